The molecule has 0 radical (unpaired) electrons. The molecular formula is C38H44N9O3+. The van der Waals surface area contributed by atoms with Crippen molar-refractivity contribution in [1.29, 1.82) is 0 Å². The lowest BCUT2D eigenvalue weighted by Crippen LogP contribution is -2.43. The number of carbonyl (C=O) groups excluding carboxylic acids is 2. The molecule has 1 spiro atoms. The van der Waals surface area contributed by atoms with Crippen LogP contribution >= 0.6 is 0 Å². The minimum Gasteiger partial charge on any atom is -0.475 e. The predicted octanol–water partition coefficient (Wildman–Crippen LogP) is 2.59. The average Bonchev–Trinajstić information content (AvgIpc) is 3.83. The van der Waals surface area contributed by atoms with E-state index < -0.39 is 5.41 Å². The third kappa shape index (κ3) is 6.62. The van der Waals surface area contributed by atoms with Crippen LogP contribution in [-0.4, -0.2) is 92.4 Å². The van der Waals surface area contributed by atoms with Crippen molar-refractivity contribution in [2.45, 2.75) is 39.2 Å². The number of benzene rings is 2. The molecule has 5 heterocycles. The Morgan fingerprint density at radius 2 is 1.80 bits per heavy atom. The van der Waals surface area contributed by atoms with Gasteiger partial charge >= 0.3 is 0 Å². The zero-order valence-corrected chi connectivity index (χ0v) is 28.9. The van der Waals surface area contributed by atoms with Crippen LogP contribution in [-0.2, 0) is 16.6 Å². The summed E-state index contributed by atoms with van der Waals surface area (Å²) in [5.74, 6) is 1.38. The van der Waals surface area contributed by atoms with Gasteiger partial charge in [-0.2, -0.15) is 5.10 Å². The number of carbonyl (C=O) groups is 2. The molecule has 0 unspecified atom stereocenters. The highest BCUT2D eigenvalue weighted by molar-refractivity contribution is 6.13. The fraction of sp³-hybridized carbons (Fsp3) is 0.368. The minimum atomic E-state index is -0.503. The Hall–Kier alpha value is -5.36. The van der Waals surface area contributed by atoms with Crippen LogP contribution in [0.15, 0.2) is 73.2 Å². The molecule has 3 aliphatic heterocycles. The van der Waals surface area contributed by atoms with Crippen LogP contribution in [0.5, 0.6) is 5.88 Å². The summed E-state index contributed by atoms with van der Waals surface area (Å²) in [5, 5.41) is 11.0. The number of pyridine rings is 1. The van der Waals surface area contributed by atoms with Crippen molar-refractivity contribution < 1.29 is 19.7 Å². The maximum atomic E-state index is 14.0. The van der Waals surface area contributed by atoms with Gasteiger partial charge in [-0.15, -0.1) is 0 Å². The molecule has 2 saturated heterocycles. The van der Waals surface area contributed by atoms with Gasteiger partial charge in [-0.3, -0.25) is 24.6 Å². The maximum Gasteiger partial charge on any atom is 0.237 e. The second kappa shape index (κ2) is 13.5. The third-order valence-electron chi connectivity index (χ3n) is 10.0. The summed E-state index contributed by atoms with van der Waals surface area (Å²) in [5.41, 5.74) is 12.4. The molecule has 0 bridgehead atoms. The number of nitrogens with two attached hydrogens (primary N) is 2. The Morgan fingerprint density at radius 1 is 1.02 bits per heavy atom. The van der Waals surface area contributed by atoms with Crippen LogP contribution in [0.1, 0.15) is 49.8 Å². The second-order valence-corrected chi connectivity index (χ2v) is 13.8. The summed E-state index contributed by atoms with van der Waals surface area (Å²) in [6.45, 7) is 7.34. The van der Waals surface area contributed by atoms with Gasteiger partial charge in [0.1, 0.15) is 6.33 Å². The summed E-state index contributed by atoms with van der Waals surface area (Å²) in [7, 11) is 1.85. The van der Waals surface area contributed by atoms with Crippen molar-refractivity contribution in [3.63, 3.8) is 0 Å². The van der Waals surface area contributed by atoms with Crippen LogP contribution in [0.4, 0.5) is 11.4 Å². The molecule has 12 nitrogen and oxygen atoms in total. The molecule has 2 amide bonds. The highest BCUT2D eigenvalue weighted by Gasteiger charge is 2.51. The van der Waals surface area contributed by atoms with Gasteiger partial charge in [-0.1, -0.05) is 30.3 Å². The monoisotopic (exact) mass is 674 g/mol. The van der Waals surface area contributed by atoms with Crippen LogP contribution in [0.2, 0.25) is 0 Å². The molecular weight excluding hydrogens is 630 g/mol. The lowest BCUT2D eigenvalue weighted by Gasteiger charge is -2.29. The number of ether oxygens (including phenoxy) is 1. The van der Waals surface area contributed by atoms with Crippen LogP contribution in [0, 0.1) is 5.41 Å². The number of hydrogen-bond acceptors (Lipinski definition) is 8. The minimum absolute atomic E-state index is 0.0209. The van der Waals surface area contributed by atoms with Crippen molar-refractivity contribution >= 4 is 34.5 Å². The van der Waals surface area contributed by atoms with Gasteiger partial charge in [0, 0.05) is 62.4 Å². The van der Waals surface area contributed by atoms with Gasteiger partial charge in [0.25, 0.3) is 0 Å². The van der Waals surface area contributed by atoms with Crippen molar-refractivity contribution in [2.75, 3.05) is 49.9 Å². The molecule has 0 saturated carbocycles. The van der Waals surface area contributed by atoms with E-state index in [-0.39, 0.29) is 17.9 Å². The number of anilines is 2. The van der Waals surface area contributed by atoms with Crippen molar-refractivity contribution in [3.05, 3.63) is 89.9 Å². The number of likely N-dealkylation sites (tertiary alicyclic amines) is 1. The van der Waals surface area contributed by atoms with E-state index in [2.05, 4.69) is 38.2 Å². The number of rotatable bonds is 9. The molecule has 2 aromatic heterocycles. The van der Waals surface area contributed by atoms with E-state index >= 15 is 0 Å². The van der Waals surface area contributed by atoms with E-state index in [0.29, 0.717) is 67.9 Å². The Bertz CT molecular complexity index is 1970. The first-order chi connectivity index (χ1) is 24.1. The SMILES string of the molecule is CC(C)Oc1cc(C(=[NH2+])c2cc(N3CC[C@]4(CCN(CC(=O)N5CC=C(c6ccc(-c7ncn(C)n7)cc6)CC5)C4)C3=O)ccc2N)ccn1. The number of nitrogens with zero attached hydrogens (tertiary/aromatic N) is 7. The Labute approximate surface area is 292 Å². The van der Waals surface area contributed by atoms with Gasteiger partial charge in [0.2, 0.25) is 23.4 Å². The van der Waals surface area contributed by atoms with E-state index in [1.54, 1.807) is 29.3 Å². The Balaban J connectivity index is 0.959. The van der Waals surface area contributed by atoms with E-state index in [0.717, 1.165) is 41.6 Å². The van der Waals surface area contributed by atoms with Crippen molar-refractivity contribution in [2.24, 2.45) is 12.5 Å². The first-order valence-corrected chi connectivity index (χ1v) is 17.2. The average molecular weight is 675 g/mol. The highest BCUT2D eigenvalue weighted by atomic mass is 16.5. The van der Waals surface area contributed by atoms with Crippen molar-refractivity contribution in [3.8, 4) is 17.3 Å². The van der Waals surface area contributed by atoms with Crippen molar-refractivity contribution in [1.82, 2.24) is 29.5 Å². The summed E-state index contributed by atoms with van der Waals surface area (Å²) >= 11 is 0. The summed E-state index contributed by atoms with van der Waals surface area (Å²) in [6, 6.07) is 17.5. The highest BCUT2D eigenvalue weighted by Crippen LogP contribution is 2.43. The first kappa shape index (κ1) is 33.2. The predicted molar refractivity (Wildman–Crippen MR) is 192 cm³/mol. The second-order valence-electron chi connectivity index (χ2n) is 13.8. The number of aryl methyl sites for hydroxylation is 1. The summed E-state index contributed by atoms with van der Waals surface area (Å²) < 4.78 is 7.44. The largest absolute Gasteiger partial charge is 0.475 e. The maximum absolute atomic E-state index is 14.0. The molecule has 50 heavy (non-hydrogen) atoms. The zero-order valence-electron chi connectivity index (χ0n) is 28.9. The zero-order chi connectivity index (χ0) is 35.0. The summed E-state index contributed by atoms with van der Waals surface area (Å²) in [6.07, 6.45) is 7.74. The smallest absolute Gasteiger partial charge is 0.237 e. The molecule has 258 valence electrons. The number of hydrogen-bond donors (Lipinski definition) is 2. The Morgan fingerprint density at radius 3 is 2.52 bits per heavy atom. The number of aromatic nitrogens is 4. The number of nitrogen functional groups attached to an aromatic ring is 1. The lowest BCUT2D eigenvalue weighted by molar-refractivity contribution is -0.132. The molecule has 4 aromatic rings. The fourth-order valence-corrected chi connectivity index (χ4v) is 7.28. The molecule has 2 fully saturated rings. The fourth-order valence-electron chi connectivity index (χ4n) is 7.28. The van der Waals surface area contributed by atoms with Gasteiger partial charge in [-0.25, -0.2) is 9.97 Å². The molecule has 1 atom stereocenters. The molecule has 4 N–H and O–H groups in total. The van der Waals surface area contributed by atoms with Gasteiger partial charge in [0.15, 0.2) is 5.82 Å². The van der Waals surface area contributed by atoms with E-state index in [9.17, 15) is 9.59 Å². The third-order valence-corrected chi connectivity index (χ3v) is 10.0. The van der Waals surface area contributed by atoms with E-state index in [4.69, 9.17) is 15.9 Å². The van der Waals surface area contributed by atoms with Gasteiger partial charge in [0.05, 0.1) is 29.2 Å². The molecule has 12 heteroatoms. The molecule has 3 aliphatic rings. The van der Waals surface area contributed by atoms with Gasteiger partial charge < -0.3 is 20.3 Å². The first-order valence-electron chi connectivity index (χ1n) is 17.2. The molecule has 0 aliphatic carbocycles. The van der Waals surface area contributed by atoms with Crippen LogP contribution in [0.25, 0.3) is 17.0 Å². The summed E-state index contributed by atoms with van der Waals surface area (Å²) in [4.78, 5) is 41.9. The van der Waals surface area contributed by atoms with E-state index in [1.807, 2.05) is 61.0 Å². The molecule has 7 rings (SSSR count). The topological polar surface area (TPSA) is 148 Å². The van der Waals surface area contributed by atoms with Gasteiger partial charge in [-0.05, 0) is 75.1 Å². The van der Waals surface area contributed by atoms with Crippen LogP contribution < -0.4 is 20.8 Å². The normalized spacial score (nSPS) is 19.4. The lowest BCUT2D eigenvalue weighted by atomic mass is 9.85. The van der Waals surface area contributed by atoms with E-state index in [1.165, 1.54) is 5.57 Å². The standard InChI is InChI=1S/C38H43N9O3/c1-25(2)50-33-20-29(10-15-41-33)35(40)31-21-30(8-9-32(31)39)47-19-14-38(37(47)49)13-18-45(23-38)22-34(48)46-16-11-27(12-17-46)26-4-6-28(7-5-26)36-42-24-44(3)43-36/h4-11,15,20-21,24-25,40H,12-14,16-19,22-23,39H2,1-3H3/p+1/t38-/m0/s1. The number of amides is 2. The molecule has 2 aromatic carbocycles. The Kier molecular flexibility index (Phi) is 8.96. The quantitative estimate of drug-likeness (QED) is 0.203. The van der Waals surface area contributed by atoms with Crippen LogP contribution in [0.3, 0.4) is 0 Å².